The topological polar surface area (TPSA) is 111 Å². The Balaban J connectivity index is 1.58. The molecule has 2 heterocycles. The Morgan fingerprint density at radius 3 is 2.70 bits per heavy atom. The third kappa shape index (κ3) is 2.87. The Labute approximate surface area is 134 Å². The van der Waals surface area contributed by atoms with Gasteiger partial charge >= 0.3 is 0 Å². The number of amides is 1. The monoisotopic (exact) mass is 315 g/mol. The zero-order valence-electron chi connectivity index (χ0n) is 12.9. The van der Waals surface area contributed by atoms with Gasteiger partial charge in [-0.15, -0.1) is 0 Å². The van der Waals surface area contributed by atoms with E-state index >= 15 is 0 Å². The number of hydrogen-bond donors (Lipinski definition) is 3. The molecule has 1 atom stereocenters. The molecule has 1 amide bonds. The molecule has 1 aromatic carbocycles. The highest BCUT2D eigenvalue weighted by molar-refractivity contribution is 6.06. The molecule has 0 spiro atoms. The van der Waals surface area contributed by atoms with Gasteiger partial charge in [-0.1, -0.05) is 18.2 Å². The van der Waals surface area contributed by atoms with Crippen LogP contribution in [0.5, 0.6) is 0 Å². The van der Waals surface area contributed by atoms with Crippen LogP contribution in [0.3, 0.4) is 0 Å². The molecule has 1 aliphatic heterocycles. The van der Waals surface area contributed by atoms with Gasteiger partial charge in [0.15, 0.2) is 11.2 Å². The van der Waals surface area contributed by atoms with Crippen molar-refractivity contribution in [2.24, 2.45) is 16.9 Å². The van der Waals surface area contributed by atoms with Gasteiger partial charge in [-0.3, -0.25) is 9.59 Å². The molecule has 5 N–H and O–H groups in total. The highest BCUT2D eigenvalue weighted by Crippen LogP contribution is 2.30. The van der Waals surface area contributed by atoms with Crippen LogP contribution in [0.4, 0.5) is 0 Å². The van der Waals surface area contributed by atoms with Crippen molar-refractivity contribution in [2.75, 3.05) is 13.2 Å². The predicted octanol–water partition coefficient (Wildman–Crippen LogP) is 0.889. The van der Waals surface area contributed by atoms with Crippen LogP contribution in [-0.4, -0.2) is 35.9 Å². The maximum atomic E-state index is 12.3. The molecule has 6 heteroatoms. The lowest BCUT2D eigenvalue weighted by molar-refractivity contribution is -0.169. The first kappa shape index (κ1) is 15.7. The van der Waals surface area contributed by atoms with Gasteiger partial charge in [0, 0.05) is 29.6 Å². The molecule has 1 saturated heterocycles. The van der Waals surface area contributed by atoms with Crippen molar-refractivity contribution in [3.63, 3.8) is 0 Å². The molecule has 1 fully saturated rings. The number of primary amides is 1. The van der Waals surface area contributed by atoms with Gasteiger partial charge in [0.2, 0.25) is 5.91 Å². The number of nitrogens with one attached hydrogen (secondary N) is 1. The minimum Gasteiger partial charge on any atom is -0.378 e. The van der Waals surface area contributed by atoms with E-state index in [2.05, 4.69) is 4.98 Å². The van der Waals surface area contributed by atoms with Crippen LogP contribution < -0.4 is 11.5 Å². The standard InChI is InChI=1S/C17H21N3O3/c18-12(5-6-15(21)17(16(19)22)9-23-10-17)7-11-8-20-14-4-2-1-3-13(11)14/h1-4,8,12,20H,5-7,9-10,18H2,(H2,19,22)/t12-/m0/s1. The molecule has 1 aliphatic rings. The highest BCUT2D eigenvalue weighted by Gasteiger charge is 2.50. The molecular weight excluding hydrogens is 294 g/mol. The Morgan fingerprint density at radius 2 is 2.04 bits per heavy atom. The lowest BCUT2D eigenvalue weighted by Crippen LogP contribution is -2.57. The number of Topliss-reactive ketones (excluding diaryl/α,β-unsaturated/α-hetero) is 1. The first-order valence-electron chi connectivity index (χ1n) is 7.74. The number of ketones is 1. The Bertz CT molecular complexity index is 734. The summed E-state index contributed by atoms with van der Waals surface area (Å²) < 4.78 is 5.00. The van der Waals surface area contributed by atoms with Crippen molar-refractivity contribution in [2.45, 2.75) is 25.3 Å². The summed E-state index contributed by atoms with van der Waals surface area (Å²) in [5.74, 6) is -0.760. The fraction of sp³-hybridized carbons (Fsp3) is 0.412. The van der Waals surface area contributed by atoms with E-state index < -0.39 is 11.3 Å². The van der Waals surface area contributed by atoms with Crippen LogP contribution >= 0.6 is 0 Å². The molecule has 2 aromatic rings. The van der Waals surface area contributed by atoms with Crippen LogP contribution in [0.15, 0.2) is 30.5 Å². The number of ether oxygens (including phenoxy) is 1. The number of nitrogens with two attached hydrogens (primary N) is 2. The molecule has 3 rings (SSSR count). The second-order valence-electron chi connectivity index (χ2n) is 6.22. The van der Waals surface area contributed by atoms with Gasteiger partial charge in [-0.2, -0.15) is 0 Å². The van der Waals surface area contributed by atoms with E-state index in [1.165, 1.54) is 0 Å². The van der Waals surface area contributed by atoms with Crippen LogP contribution in [0, 0.1) is 5.41 Å². The third-order valence-electron chi connectivity index (χ3n) is 4.60. The van der Waals surface area contributed by atoms with E-state index in [4.69, 9.17) is 16.2 Å². The lowest BCUT2D eigenvalue weighted by Gasteiger charge is -2.37. The van der Waals surface area contributed by atoms with Crippen molar-refractivity contribution >= 4 is 22.6 Å². The zero-order chi connectivity index (χ0) is 16.4. The number of fused-ring (bicyclic) bond motifs is 1. The number of aromatic nitrogens is 1. The summed E-state index contributed by atoms with van der Waals surface area (Å²) in [5.41, 5.74) is 12.6. The van der Waals surface area contributed by atoms with Gasteiger partial charge in [0.1, 0.15) is 0 Å². The van der Waals surface area contributed by atoms with E-state index in [0.717, 1.165) is 16.5 Å². The maximum absolute atomic E-state index is 12.3. The summed E-state index contributed by atoms with van der Waals surface area (Å²) in [6.07, 6.45) is 3.40. The van der Waals surface area contributed by atoms with Crippen molar-refractivity contribution in [3.05, 3.63) is 36.0 Å². The molecule has 6 nitrogen and oxygen atoms in total. The molecule has 0 aliphatic carbocycles. The number of hydrogen-bond acceptors (Lipinski definition) is 4. The molecule has 0 unspecified atom stereocenters. The van der Waals surface area contributed by atoms with E-state index in [0.29, 0.717) is 12.8 Å². The fourth-order valence-electron chi connectivity index (χ4n) is 2.99. The van der Waals surface area contributed by atoms with E-state index in [-0.39, 0.29) is 31.5 Å². The normalized spacial score (nSPS) is 17.6. The average molecular weight is 315 g/mol. The minimum absolute atomic E-state index is 0.0961. The molecule has 122 valence electrons. The molecule has 0 radical (unpaired) electrons. The van der Waals surface area contributed by atoms with Crippen LogP contribution in [0.2, 0.25) is 0 Å². The number of aromatic amines is 1. The first-order valence-corrected chi connectivity index (χ1v) is 7.74. The van der Waals surface area contributed by atoms with Crippen LogP contribution in [0.1, 0.15) is 18.4 Å². The number of carbonyl (C=O) groups excluding carboxylic acids is 2. The summed E-state index contributed by atoms with van der Waals surface area (Å²) in [4.78, 5) is 27.0. The summed E-state index contributed by atoms with van der Waals surface area (Å²) in [5, 5.41) is 1.15. The molecule has 0 bridgehead atoms. The second-order valence-corrected chi connectivity index (χ2v) is 6.22. The van der Waals surface area contributed by atoms with Crippen molar-refractivity contribution < 1.29 is 14.3 Å². The van der Waals surface area contributed by atoms with Crippen LogP contribution in [-0.2, 0) is 20.7 Å². The minimum atomic E-state index is -1.12. The van der Waals surface area contributed by atoms with Gasteiger partial charge in [0.05, 0.1) is 13.2 Å². The average Bonchev–Trinajstić information content (AvgIpc) is 2.87. The Hall–Kier alpha value is -2.18. The van der Waals surface area contributed by atoms with E-state index in [9.17, 15) is 9.59 Å². The predicted molar refractivity (Wildman–Crippen MR) is 86.7 cm³/mol. The summed E-state index contributed by atoms with van der Waals surface area (Å²) >= 11 is 0. The largest absolute Gasteiger partial charge is 0.378 e. The summed E-state index contributed by atoms with van der Waals surface area (Å²) in [6.45, 7) is 0.192. The van der Waals surface area contributed by atoms with Crippen molar-refractivity contribution in [3.8, 4) is 0 Å². The smallest absolute Gasteiger partial charge is 0.235 e. The maximum Gasteiger partial charge on any atom is 0.235 e. The second kappa shape index (κ2) is 6.14. The SMILES string of the molecule is NC(=O)C1(C(=O)CC[C@H](N)Cc2c[nH]c3ccccc23)COC1. The molecular formula is C17H21N3O3. The Kier molecular flexibility index (Phi) is 4.19. The summed E-state index contributed by atoms with van der Waals surface area (Å²) in [7, 11) is 0. The van der Waals surface area contributed by atoms with E-state index in [1.807, 2.05) is 30.5 Å². The number of para-hydroxylation sites is 1. The van der Waals surface area contributed by atoms with Crippen molar-refractivity contribution in [1.29, 1.82) is 0 Å². The quantitative estimate of drug-likeness (QED) is 0.659. The Morgan fingerprint density at radius 1 is 1.30 bits per heavy atom. The zero-order valence-corrected chi connectivity index (χ0v) is 12.9. The number of rotatable bonds is 7. The van der Waals surface area contributed by atoms with E-state index in [1.54, 1.807) is 0 Å². The number of H-pyrrole nitrogens is 1. The first-order chi connectivity index (χ1) is 11.0. The van der Waals surface area contributed by atoms with Crippen molar-refractivity contribution in [1.82, 2.24) is 4.98 Å². The summed E-state index contributed by atoms with van der Waals surface area (Å²) in [6, 6.07) is 7.88. The van der Waals surface area contributed by atoms with Gasteiger partial charge in [0.25, 0.3) is 0 Å². The van der Waals surface area contributed by atoms with Gasteiger partial charge in [-0.05, 0) is 24.5 Å². The number of benzene rings is 1. The lowest BCUT2D eigenvalue weighted by atomic mass is 9.78. The molecule has 1 aromatic heterocycles. The fourth-order valence-corrected chi connectivity index (χ4v) is 2.99. The van der Waals surface area contributed by atoms with Gasteiger partial charge in [-0.25, -0.2) is 0 Å². The highest BCUT2D eigenvalue weighted by atomic mass is 16.5. The molecule has 23 heavy (non-hydrogen) atoms. The van der Waals surface area contributed by atoms with Gasteiger partial charge < -0.3 is 21.2 Å². The van der Waals surface area contributed by atoms with Crippen LogP contribution in [0.25, 0.3) is 10.9 Å². The number of carbonyl (C=O) groups is 2. The molecule has 0 saturated carbocycles. The third-order valence-corrected chi connectivity index (χ3v) is 4.60.